The minimum atomic E-state index is -0.385. The van der Waals surface area contributed by atoms with Gasteiger partial charge in [-0.25, -0.2) is 19.2 Å². The summed E-state index contributed by atoms with van der Waals surface area (Å²) >= 11 is 6.07. The van der Waals surface area contributed by atoms with Crippen molar-refractivity contribution in [1.82, 2.24) is 14.4 Å². The van der Waals surface area contributed by atoms with Crippen LogP contribution in [0.25, 0.3) is 0 Å². The summed E-state index contributed by atoms with van der Waals surface area (Å²) in [5.74, 6) is 0.272. The Bertz CT molecular complexity index is 479. The average molecular weight is 283 g/mol. The van der Waals surface area contributed by atoms with Crippen LogP contribution < -0.4 is 4.90 Å². The van der Waals surface area contributed by atoms with Crippen LogP contribution in [0.3, 0.4) is 0 Å². The molecule has 0 spiro atoms. The van der Waals surface area contributed by atoms with Crippen molar-refractivity contribution in [2.45, 2.75) is 25.4 Å². The van der Waals surface area contributed by atoms with Crippen LogP contribution in [0.4, 0.5) is 5.95 Å². The molecule has 0 aliphatic carbocycles. The Morgan fingerprint density at radius 1 is 1.42 bits per heavy atom. The molecule has 102 valence electrons. The summed E-state index contributed by atoms with van der Waals surface area (Å²) in [6.45, 7) is 3.79. The number of rotatable bonds is 3. The van der Waals surface area contributed by atoms with Gasteiger partial charge in [-0.15, -0.1) is 0 Å². The van der Waals surface area contributed by atoms with Crippen LogP contribution >= 0.6 is 11.8 Å². The lowest BCUT2D eigenvalue weighted by atomic mass is 10.2. The van der Waals surface area contributed by atoms with Crippen LogP contribution in [0.15, 0.2) is 12.4 Å². The Balaban J connectivity index is 1.72. The smallest absolute Gasteiger partial charge is 0.341 e. The molecule has 0 N–H and O–H groups in total. The molecule has 7 heteroatoms. The fourth-order valence-electron chi connectivity index (χ4n) is 2.65. The highest BCUT2D eigenvalue weighted by Gasteiger charge is 2.43. The number of fused-ring (bicyclic) bond motifs is 2. The van der Waals surface area contributed by atoms with Crippen LogP contribution in [-0.4, -0.2) is 52.1 Å². The average Bonchev–Trinajstić information content (AvgIpc) is 2.98. The molecule has 2 atom stereocenters. The van der Waals surface area contributed by atoms with Crippen molar-refractivity contribution >= 4 is 23.7 Å². The summed E-state index contributed by atoms with van der Waals surface area (Å²) in [5, 5.41) is 0. The maximum Gasteiger partial charge on any atom is 0.341 e. The summed E-state index contributed by atoms with van der Waals surface area (Å²) in [6.07, 6.45) is 4.09. The van der Waals surface area contributed by atoms with Gasteiger partial charge in [0.1, 0.15) is 0 Å². The summed E-state index contributed by atoms with van der Waals surface area (Å²) in [6, 6.07) is 0.746. The molecule has 19 heavy (non-hydrogen) atoms. The van der Waals surface area contributed by atoms with E-state index in [0.717, 1.165) is 19.5 Å². The van der Waals surface area contributed by atoms with Gasteiger partial charge in [-0.1, -0.05) is 0 Å². The molecule has 0 aromatic carbocycles. The van der Waals surface area contributed by atoms with Crippen LogP contribution in [-0.2, 0) is 4.74 Å². The quantitative estimate of drug-likeness (QED) is 0.611. The molecule has 2 fully saturated rings. The third-order valence-electron chi connectivity index (χ3n) is 3.58. The predicted molar refractivity (Wildman–Crippen MR) is 70.1 cm³/mol. The number of carbonyl (C=O) groups excluding carboxylic acids is 1. The number of nitrogens with zero attached hydrogens (tertiary/aromatic N) is 4. The monoisotopic (exact) mass is 282 g/mol. The van der Waals surface area contributed by atoms with E-state index in [2.05, 4.69) is 14.9 Å². The molecule has 2 bridgehead atoms. The zero-order chi connectivity index (χ0) is 13.4. The SMILES string of the molecule is CCOC(=O)c1cnc(N2C[C@@H]3C[C@H]2CN3Cl)nc1. The van der Waals surface area contributed by atoms with Crippen molar-refractivity contribution in [1.29, 1.82) is 0 Å². The van der Waals surface area contributed by atoms with E-state index in [-0.39, 0.29) is 5.97 Å². The number of anilines is 1. The first-order valence-corrected chi connectivity index (χ1v) is 6.71. The summed E-state index contributed by atoms with van der Waals surface area (Å²) in [4.78, 5) is 22.2. The second kappa shape index (κ2) is 4.94. The van der Waals surface area contributed by atoms with Gasteiger partial charge in [-0.2, -0.15) is 0 Å². The lowest BCUT2D eigenvalue weighted by Gasteiger charge is -2.30. The number of aromatic nitrogens is 2. The normalized spacial score (nSPS) is 25.9. The molecule has 0 saturated carbocycles. The summed E-state index contributed by atoms with van der Waals surface area (Å²) in [7, 11) is 0. The van der Waals surface area contributed by atoms with Crippen LogP contribution in [0.1, 0.15) is 23.7 Å². The maximum absolute atomic E-state index is 11.5. The van der Waals surface area contributed by atoms with E-state index in [9.17, 15) is 4.79 Å². The van der Waals surface area contributed by atoms with Crippen molar-refractivity contribution in [2.24, 2.45) is 0 Å². The van der Waals surface area contributed by atoms with E-state index in [0.29, 0.717) is 30.2 Å². The van der Waals surface area contributed by atoms with Gasteiger partial charge in [-0.05, 0) is 25.1 Å². The molecule has 6 nitrogen and oxygen atoms in total. The third kappa shape index (κ3) is 2.26. The van der Waals surface area contributed by atoms with Crippen molar-refractivity contribution in [3.63, 3.8) is 0 Å². The maximum atomic E-state index is 11.5. The van der Waals surface area contributed by atoms with E-state index in [1.54, 1.807) is 6.92 Å². The Hall–Kier alpha value is -1.40. The molecule has 1 aromatic rings. The van der Waals surface area contributed by atoms with Gasteiger partial charge in [0, 0.05) is 37.6 Å². The predicted octanol–water partition coefficient (Wildman–Crippen LogP) is 1.07. The highest BCUT2D eigenvalue weighted by atomic mass is 35.5. The molecular formula is C12H15ClN4O2. The lowest BCUT2D eigenvalue weighted by molar-refractivity contribution is 0.0525. The molecule has 0 unspecified atom stereocenters. The largest absolute Gasteiger partial charge is 0.462 e. The molecule has 0 amide bonds. The molecular weight excluding hydrogens is 268 g/mol. The zero-order valence-electron chi connectivity index (χ0n) is 10.6. The Kier molecular flexibility index (Phi) is 3.28. The van der Waals surface area contributed by atoms with Gasteiger partial charge in [-0.3, -0.25) is 0 Å². The number of esters is 1. The first kappa shape index (κ1) is 12.6. The molecule has 3 rings (SSSR count). The standard InChI is InChI=1S/C12H15ClN4O2/c1-2-19-11(18)8-4-14-12(15-5-8)16-6-10-3-9(16)7-17(10)13/h4-5,9-10H,2-3,6-7H2,1H3/t9-,10-/m0/s1. The van der Waals surface area contributed by atoms with Gasteiger partial charge in [0.25, 0.3) is 0 Å². The second-order valence-electron chi connectivity index (χ2n) is 4.77. The third-order valence-corrected chi connectivity index (χ3v) is 3.99. The fraction of sp³-hybridized carbons (Fsp3) is 0.583. The highest BCUT2D eigenvalue weighted by molar-refractivity contribution is 6.13. The number of hydrogen-bond donors (Lipinski definition) is 0. The summed E-state index contributed by atoms with van der Waals surface area (Å²) in [5.41, 5.74) is 0.383. The van der Waals surface area contributed by atoms with Gasteiger partial charge in [0.2, 0.25) is 5.95 Å². The first-order valence-electron chi connectivity index (χ1n) is 6.37. The van der Waals surface area contributed by atoms with Crippen LogP contribution in [0, 0.1) is 0 Å². The zero-order valence-corrected chi connectivity index (χ0v) is 11.4. The topological polar surface area (TPSA) is 58.6 Å². The second-order valence-corrected chi connectivity index (χ2v) is 5.20. The van der Waals surface area contributed by atoms with E-state index < -0.39 is 0 Å². The fourth-order valence-corrected chi connectivity index (χ4v) is 2.95. The number of carbonyl (C=O) groups is 1. The molecule has 1 aromatic heterocycles. The number of halogens is 1. The number of ether oxygens (including phenoxy) is 1. The molecule has 2 saturated heterocycles. The molecule has 2 aliphatic rings. The van der Waals surface area contributed by atoms with Gasteiger partial charge >= 0.3 is 5.97 Å². The van der Waals surface area contributed by atoms with Gasteiger partial charge in [0.15, 0.2) is 0 Å². The molecule has 2 aliphatic heterocycles. The summed E-state index contributed by atoms with van der Waals surface area (Å²) < 4.78 is 6.76. The van der Waals surface area contributed by atoms with E-state index >= 15 is 0 Å². The van der Waals surface area contributed by atoms with Crippen LogP contribution in [0.2, 0.25) is 0 Å². The lowest BCUT2D eigenvalue weighted by Crippen LogP contribution is -2.43. The Morgan fingerprint density at radius 3 is 2.68 bits per heavy atom. The van der Waals surface area contributed by atoms with E-state index in [4.69, 9.17) is 16.5 Å². The Morgan fingerprint density at radius 2 is 2.16 bits per heavy atom. The minimum Gasteiger partial charge on any atom is -0.462 e. The minimum absolute atomic E-state index is 0.349. The molecule has 0 radical (unpaired) electrons. The Labute approximate surface area is 116 Å². The number of hydrogen-bond acceptors (Lipinski definition) is 6. The van der Waals surface area contributed by atoms with Gasteiger partial charge in [0.05, 0.1) is 12.2 Å². The van der Waals surface area contributed by atoms with Crippen molar-refractivity contribution in [3.05, 3.63) is 18.0 Å². The molecule has 3 heterocycles. The van der Waals surface area contributed by atoms with E-state index in [1.807, 2.05) is 4.42 Å². The van der Waals surface area contributed by atoms with Crippen LogP contribution in [0.5, 0.6) is 0 Å². The number of piperazine rings is 1. The highest BCUT2D eigenvalue weighted by Crippen LogP contribution is 2.33. The van der Waals surface area contributed by atoms with Crippen molar-refractivity contribution in [3.8, 4) is 0 Å². The van der Waals surface area contributed by atoms with E-state index in [1.165, 1.54) is 12.4 Å². The first-order chi connectivity index (χ1) is 9.19. The van der Waals surface area contributed by atoms with Crippen molar-refractivity contribution < 1.29 is 9.53 Å². The van der Waals surface area contributed by atoms with Gasteiger partial charge < -0.3 is 9.64 Å². The van der Waals surface area contributed by atoms with Crippen molar-refractivity contribution in [2.75, 3.05) is 24.6 Å².